The van der Waals surface area contributed by atoms with E-state index in [0.717, 1.165) is 37.1 Å². The van der Waals surface area contributed by atoms with Crippen molar-refractivity contribution in [1.82, 2.24) is 9.91 Å². The molecule has 2 N–H and O–H groups in total. The maximum atomic E-state index is 15.5. The number of halogens is 2. The van der Waals surface area contributed by atoms with Gasteiger partial charge in [0.2, 0.25) is 11.8 Å². The highest BCUT2D eigenvalue weighted by Crippen LogP contribution is 2.66. The fraction of sp³-hybridized carbons (Fsp3) is 0.415. The molecule has 6 atom stereocenters. The van der Waals surface area contributed by atoms with Crippen molar-refractivity contribution in [3.63, 3.8) is 0 Å². The first-order chi connectivity index (χ1) is 26.0. The number of nitrogens with one attached hydrogen (secondary N) is 1. The molecule has 0 aromatic heterocycles. The van der Waals surface area contributed by atoms with E-state index >= 15 is 9.59 Å². The molecular formula is C41H41Cl2N3O8. The molecule has 0 bridgehead atoms. The quantitative estimate of drug-likeness (QED) is 0.183. The number of benzene rings is 3. The van der Waals surface area contributed by atoms with E-state index in [1.165, 1.54) is 38.4 Å². The number of hydrazine groups is 1. The summed E-state index contributed by atoms with van der Waals surface area (Å²) in [7, 11) is 4.46. The van der Waals surface area contributed by atoms with E-state index in [1.54, 1.807) is 42.5 Å². The number of methoxy groups -OCH3 is 3. The first kappa shape index (κ1) is 36.2. The van der Waals surface area contributed by atoms with Crippen LogP contribution in [0.25, 0.3) is 0 Å². The lowest BCUT2D eigenvalue weighted by Crippen LogP contribution is -2.53. The van der Waals surface area contributed by atoms with E-state index in [0.29, 0.717) is 27.7 Å². The number of carbonyl (C=O) groups excluding carboxylic acids is 4. The molecule has 5 aliphatic rings. The SMILES string of the molecule is COc1ccc(C23C(=O)N(Nc4ccc(Cl)cc4Cl)C(=O)C2CC2C(=CCC4C(=O)N(C5CCCCC5)C(=O)C42)C3c2c(O)cc(OC)cc2OC)cc1. The van der Waals surface area contributed by atoms with Crippen molar-refractivity contribution in [1.29, 1.82) is 0 Å². The van der Waals surface area contributed by atoms with Crippen LogP contribution in [0.15, 0.2) is 66.2 Å². The molecular weight excluding hydrogens is 733 g/mol. The lowest BCUT2D eigenvalue weighted by molar-refractivity contribution is -0.144. The van der Waals surface area contributed by atoms with E-state index in [4.69, 9.17) is 37.4 Å². The molecule has 2 aliphatic heterocycles. The van der Waals surface area contributed by atoms with Gasteiger partial charge < -0.3 is 19.3 Å². The second kappa shape index (κ2) is 13.8. The molecule has 3 aromatic carbocycles. The minimum Gasteiger partial charge on any atom is -0.507 e. The van der Waals surface area contributed by atoms with Crippen molar-refractivity contribution >= 4 is 52.5 Å². The second-order valence-corrected chi connectivity index (χ2v) is 15.7. The predicted octanol–water partition coefficient (Wildman–Crippen LogP) is 7.04. The first-order valence-electron chi connectivity index (χ1n) is 18.3. The normalized spacial score (nSPS) is 28.0. The van der Waals surface area contributed by atoms with Crippen molar-refractivity contribution in [2.75, 3.05) is 26.8 Å². The van der Waals surface area contributed by atoms with Gasteiger partial charge in [0.25, 0.3) is 11.8 Å². The fourth-order valence-corrected chi connectivity index (χ4v) is 10.5. The van der Waals surface area contributed by atoms with Crippen molar-refractivity contribution in [3.05, 3.63) is 87.4 Å². The number of aromatic hydroxyl groups is 1. The number of amides is 4. The van der Waals surface area contributed by atoms with Gasteiger partial charge in [0.05, 0.1) is 55.2 Å². The summed E-state index contributed by atoms with van der Waals surface area (Å²) in [5.74, 6) is -4.65. The number of nitrogens with zero attached hydrogens (tertiary/aromatic N) is 2. The van der Waals surface area contributed by atoms with E-state index in [9.17, 15) is 14.7 Å². The Hall–Kier alpha value is -4.74. The summed E-state index contributed by atoms with van der Waals surface area (Å²) in [5.41, 5.74) is 3.07. The molecule has 3 aromatic rings. The van der Waals surface area contributed by atoms with Gasteiger partial charge in [-0.1, -0.05) is 66.2 Å². The highest BCUT2D eigenvalue weighted by atomic mass is 35.5. The molecule has 282 valence electrons. The Labute approximate surface area is 323 Å². The molecule has 4 fully saturated rings. The van der Waals surface area contributed by atoms with Crippen molar-refractivity contribution in [2.24, 2.45) is 23.7 Å². The highest BCUT2D eigenvalue weighted by Gasteiger charge is 2.71. The Balaban J connectivity index is 1.36. The van der Waals surface area contributed by atoms with Crippen molar-refractivity contribution in [2.45, 2.75) is 62.3 Å². The van der Waals surface area contributed by atoms with Crippen molar-refractivity contribution in [3.8, 4) is 23.0 Å². The van der Waals surface area contributed by atoms with Gasteiger partial charge in [0.15, 0.2) is 0 Å². The smallest absolute Gasteiger partial charge is 0.260 e. The summed E-state index contributed by atoms with van der Waals surface area (Å²) in [4.78, 5) is 60.8. The Morgan fingerprint density at radius 3 is 2.20 bits per heavy atom. The van der Waals surface area contributed by atoms with Gasteiger partial charge in [-0.2, -0.15) is 5.01 Å². The molecule has 6 unspecified atom stereocenters. The Morgan fingerprint density at radius 1 is 0.815 bits per heavy atom. The number of allylic oxidation sites excluding steroid dienone is 2. The maximum Gasteiger partial charge on any atom is 0.260 e. The van der Waals surface area contributed by atoms with Crippen LogP contribution in [0.3, 0.4) is 0 Å². The predicted molar refractivity (Wildman–Crippen MR) is 201 cm³/mol. The number of likely N-dealkylation sites (tertiary alicyclic amines) is 1. The summed E-state index contributed by atoms with van der Waals surface area (Å²) < 4.78 is 16.9. The van der Waals surface area contributed by atoms with Gasteiger partial charge in [0, 0.05) is 34.7 Å². The number of hydrogen-bond acceptors (Lipinski definition) is 9. The molecule has 3 aliphatic carbocycles. The molecule has 2 saturated heterocycles. The van der Waals surface area contributed by atoms with Crippen LogP contribution >= 0.6 is 23.2 Å². The largest absolute Gasteiger partial charge is 0.507 e. The third-order valence-electron chi connectivity index (χ3n) is 12.4. The average molecular weight is 775 g/mol. The molecule has 13 heteroatoms. The number of hydrogen-bond donors (Lipinski definition) is 2. The van der Waals surface area contributed by atoms with Crippen LogP contribution in [-0.2, 0) is 24.6 Å². The van der Waals surface area contributed by atoms with E-state index < -0.39 is 46.8 Å². The van der Waals surface area contributed by atoms with Crippen LogP contribution in [0.2, 0.25) is 10.0 Å². The van der Waals surface area contributed by atoms with Gasteiger partial charge in [-0.3, -0.25) is 29.5 Å². The van der Waals surface area contributed by atoms with Crippen LogP contribution in [0.1, 0.15) is 62.0 Å². The number of rotatable bonds is 8. The molecule has 2 heterocycles. The number of phenols is 1. The number of anilines is 1. The zero-order valence-electron chi connectivity index (χ0n) is 30.1. The van der Waals surface area contributed by atoms with Crippen LogP contribution in [-0.4, -0.2) is 66.0 Å². The minimum atomic E-state index is -1.67. The summed E-state index contributed by atoms with van der Waals surface area (Å²) in [6, 6.07) is 14.6. The molecule has 0 radical (unpaired) electrons. The van der Waals surface area contributed by atoms with E-state index in [-0.39, 0.29) is 58.5 Å². The average Bonchev–Trinajstić information content (AvgIpc) is 3.56. The Morgan fingerprint density at radius 2 is 1.54 bits per heavy atom. The van der Waals surface area contributed by atoms with E-state index in [2.05, 4.69) is 5.43 Å². The maximum absolute atomic E-state index is 15.5. The third kappa shape index (κ3) is 5.37. The lowest BCUT2D eigenvalue weighted by atomic mass is 9.49. The molecule has 54 heavy (non-hydrogen) atoms. The number of imide groups is 2. The van der Waals surface area contributed by atoms with Crippen LogP contribution < -0.4 is 19.6 Å². The van der Waals surface area contributed by atoms with Gasteiger partial charge in [0.1, 0.15) is 23.0 Å². The molecule has 2 saturated carbocycles. The third-order valence-corrected chi connectivity index (χ3v) is 12.9. The summed E-state index contributed by atoms with van der Waals surface area (Å²) >= 11 is 12.8. The summed E-state index contributed by atoms with van der Waals surface area (Å²) in [6.07, 6.45) is 6.84. The minimum absolute atomic E-state index is 0.101. The Bertz CT molecular complexity index is 2080. The summed E-state index contributed by atoms with van der Waals surface area (Å²) in [5, 5.41) is 13.5. The van der Waals surface area contributed by atoms with Crippen LogP contribution in [0.4, 0.5) is 5.69 Å². The topological polar surface area (TPSA) is 135 Å². The first-order valence-corrected chi connectivity index (χ1v) is 19.1. The number of carbonyl (C=O) groups is 4. The fourth-order valence-electron chi connectivity index (χ4n) is 10.0. The second-order valence-electron chi connectivity index (χ2n) is 14.8. The number of phenolic OH excluding ortho intramolecular Hbond substituents is 1. The monoisotopic (exact) mass is 773 g/mol. The molecule has 4 amide bonds. The lowest BCUT2D eigenvalue weighted by Gasteiger charge is -2.50. The standard InChI is InChI=1S/C41H41Cl2N3O8/c1-52-24-12-9-21(10-13-24)41-29(38(49)46(40(41)51)44-31-16-11-22(42)17-30(31)43)20-28-26(36(41)35-32(47)18-25(53-2)19-33(35)54-3)14-15-27-34(28)39(50)45(37(27)48)23-7-5-4-6-8-23/h9-14,16-19,23,27-29,34,36,44,47H,4-8,15,20H2,1-3H3. The van der Waals surface area contributed by atoms with Gasteiger partial charge in [-0.15, -0.1) is 0 Å². The zero-order chi connectivity index (χ0) is 38.1. The van der Waals surface area contributed by atoms with Gasteiger partial charge in [-0.05, 0) is 67.5 Å². The van der Waals surface area contributed by atoms with E-state index in [1.807, 2.05) is 6.08 Å². The van der Waals surface area contributed by atoms with Gasteiger partial charge in [-0.25, -0.2) is 0 Å². The number of ether oxygens (including phenoxy) is 3. The summed E-state index contributed by atoms with van der Waals surface area (Å²) in [6.45, 7) is 0. The van der Waals surface area contributed by atoms with Crippen molar-refractivity contribution < 1.29 is 38.5 Å². The molecule has 8 rings (SSSR count). The molecule has 0 spiro atoms. The van der Waals surface area contributed by atoms with Crippen LogP contribution in [0, 0.1) is 23.7 Å². The zero-order valence-corrected chi connectivity index (χ0v) is 31.7. The number of fused-ring (bicyclic) bond motifs is 4. The highest BCUT2D eigenvalue weighted by molar-refractivity contribution is 6.36. The van der Waals surface area contributed by atoms with Crippen LogP contribution in [0.5, 0.6) is 23.0 Å². The van der Waals surface area contributed by atoms with Gasteiger partial charge >= 0.3 is 0 Å². The Kier molecular flexibility index (Phi) is 9.29. The molecule has 11 nitrogen and oxygen atoms in total.